The fraction of sp³-hybridized carbons (Fsp3) is 0.889. The van der Waals surface area contributed by atoms with Gasteiger partial charge in [0.25, 0.3) is 0 Å². The number of hydrogen-bond acceptors (Lipinski definition) is 2. The molecule has 3 rings (SSSR count). The molecule has 13 heavy (non-hydrogen) atoms. The molecule has 2 bridgehead atoms. The molecule has 4 heteroatoms. The van der Waals surface area contributed by atoms with E-state index in [1.54, 1.807) is 19.0 Å². The number of amides is 2. The second kappa shape index (κ2) is 2.87. The zero-order valence-electron chi connectivity index (χ0n) is 8.10. The molecule has 2 heterocycles. The van der Waals surface area contributed by atoms with E-state index in [0.29, 0.717) is 11.8 Å². The fourth-order valence-corrected chi connectivity index (χ4v) is 2.30. The molecule has 74 valence electrons. The summed E-state index contributed by atoms with van der Waals surface area (Å²) in [5.74, 6) is 0.672. The Balaban J connectivity index is 1.95. The summed E-state index contributed by atoms with van der Waals surface area (Å²) < 4.78 is 0. The van der Waals surface area contributed by atoms with Crippen LogP contribution in [0.15, 0.2) is 0 Å². The van der Waals surface area contributed by atoms with E-state index in [0.717, 1.165) is 19.5 Å². The van der Waals surface area contributed by atoms with Gasteiger partial charge < -0.3 is 14.9 Å². The van der Waals surface area contributed by atoms with Crippen molar-refractivity contribution in [3.8, 4) is 0 Å². The molecule has 1 unspecified atom stereocenters. The SMILES string of the molecule is CN(C)C(=O)N1C[C@H]2C[C@@H](C1)C2O. The number of hydrogen-bond donors (Lipinski definition) is 1. The van der Waals surface area contributed by atoms with Crippen LogP contribution in [0, 0.1) is 11.8 Å². The topological polar surface area (TPSA) is 43.8 Å². The van der Waals surface area contributed by atoms with Crippen molar-refractivity contribution in [2.75, 3.05) is 27.2 Å². The molecule has 0 aromatic carbocycles. The Morgan fingerprint density at radius 3 is 2.31 bits per heavy atom. The Hall–Kier alpha value is -0.770. The number of nitrogens with zero attached hydrogens (tertiary/aromatic N) is 2. The third-order valence-corrected chi connectivity index (χ3v) is 3.13. The molecule has 2 amide bonds. The number of carbonyl (C=O) groups excluding carboxylic acids is 1. The van der Waals surface area contributed by atoms with Crippen molar-refractivity contribution >= 4 is 6.03 Å². The van der Waals surface area contributed by atoms with Gasteiger partial charge in [-0.3, -0.25) is 0 Å². The number of fused-ring (bicyclic) bond motifs is 2. The molecule has 0 spiro atoms. The maximum atomic E-state index is 11.5. The van der Waals surface area contributed by atoms with Crippen LogP contribution in [0.3, 0.4) is 0 Å². The Morgan fingerprint density at radius 1 is 1.38 bits per heavy atom. The van der Waals surface area contributed by atoms with Gasteiger partial charge in [-0.15, -0.1) is 0 Å². The molecule has 0 radical (unpaired) electrons. The van der Waals surface area contributed by atoms with Crippen molar-refractivity contribution in [2.45, 2.75) is 12.5 Å². The molecular formula is C9H16N2O2. The van der Waals surface area contributed by atoms with E-state index in [-0.39, 0.29) is 12.1 Å². The first-order chi connectivity index (χ1) is 6.09. The summed E-state index contributed by atoms with van der Waals surface area (Å²) in [5, 5.41) is 9.51. The van der Waals surface area contributed by atoms with Gasteiger partial charge in [0.15, 0.2) is 0 Å². The van der Waals surface area contributed by atoms with Crippen LogP contribution in [-0.4, -0.2) is 54.2 Å². The minimum absolute atomic E-state index is 0.0709. The molecule has 3 atom stereocenters. The number of aliphatic hydroxyl groups is 1. The van der Waals surface area contributed by atoms with Crippen molar-refractivity contribution in [2.24, 2.45) is 11.8 Å². The molecule has 0 aromatic heterocycles. The van der Waals surface area contributed by atoms with E-state index in [1.165, 1.54) is 0 Å². The van der Waals surface area contributed by atoms with Crippen LogP contribution < -0.4 is 0 Å². The number of aliphatic hydroxyl groups excluding tert-OH is 1. The van der Waals surface area contributed by atoms with E-state index in [9.17, 15) is 9.90 Å². The molecule has 3 aliphatic rings. The first kappa shape index (κ1) is 8.81. The summed E-state index contributed by atoms with van der Waals surface area (Å²) in [6.07, 6.45) is 0.949. The molecule has 1 aliphatic carbocycles. The number of carbonyl (C=O) groups is 1. The van der Waals surface area contributed by atoms with Crippen LogP contribution in [0.25, 0.3) is 0 Å². The van der Waals surface area contributed by atoms with Crippen molar-refractivity contribution < 1.29 is 9.90 Å². The largest absolute Gasteiger partial charge is 0.392 e. The number of piperidine rings is 2. The summed E-state index contributed by atoms with van der Waals surface area (Å²) in [6, 6.07) is 0.0709. The van der Waals surface area contributed by atoms with Crippen LogP contribution in [-0.2, 0) is 0 Å². The lowest BCUT2D eigenvalue weighted by atomic mass is 9.68. The molecular weight excluding hydrogens is 168 g/mol. The predicted molar refractivity (Wildman–Crippen MR) is 48.3 cm³/mol. The molecule has 0 aromatic rings. The second-order valence-electron chi connectivity index (χ2n) is 4.33. The second-order valence-corrected chi connectivity index (χ2v) is 4.33. The molecule has 3 fully saturated rings. The van der Waals surface area contributed by atoms with Crippen LogP contribution >= 0.6 is 0 Å². The minimum Gasteiger partial charge on any atom is -0.392 e. The lowest BCUT2D eigenvalue weighted by molar-refractivity contribution is -0.0967. The van der Waals surface area contributed by atoms with Crippen molar-refractivity contribution in [3.63, 3.8) is 0 Å². The third kappa shape index (κ3) is 1.29. The van der Waals surface area contributed by atoms with E-state index in [2.05, 4.69) is 0 Å². The van der Waals surface area contributed by atoms with Gasteiger partial charge >= 0.3 is 6.03 Å². The Bertz CT molecular complexity index is 218. The van der Waals surface area contributed by atoms with E-state index >= 15 is 0 Å². The zero-order chi connectivity index (χ0) is 9.59. The molecule has 1 saturated carbocycles. The first-order valence-corrected chi connectivity index (χ1v) is 4.74. The molecule has 4 nitrogen and oxygen atoms in total. The smallest absolute Gasteiger partial charge is 0.319 e. The molecule has 2 aliphatic heterocycles. The highest BCUT2D eigenvalue weighted by molar-refractivity contribution is 5.74. The summed E-state index contributed by atoms with van der Waals surface area (Å²) in [6.45, 7) is 1.46. The quantitative estimate of drug-likeness (QED) is 0.575. The molecule has 1 N–H and O–H groups in total. The highest BCUT2D eigenvalue weighted by Gasteiger charge is 2.47. The normalized spacial score (nSPS) is 36.8. The zero-order valence-corrected chi connectivity index (χ0v) is 8.10. The van der Waals surface area contributed by atoms with Gasteiger partial charge in [-0.05, 0) is 6.42 Å². The highest BCUT2D eigenvalue weighted by atomic mass is 16.3. The van der Waals surface area contributed by atoms with Gasteiger partial charge in [0.1, 0.15) is 0 Å². The van der Waals surface area contributed by atoms with Gasteiger partial charge in [-0.25, -0.2) is 4.79 Å². The monoisotopic (exact) mass is 184 g/mol. The van der Waals surface area contributed by atoms with Crippen LogP contribution in [0.2, 0.25) is 0 Å². The highest BCUT2D eigenvalue weighted by Crippen LogP contribution is 2.39. The van der Waals surface area contributed by atoms with Crippen molar-refractivity contribution in [1.82, 2.24) is 9.80 Å². The Morgan fingerprint density at radius 2 is 1.92 bits per heavy atom. The van der Waals surface area contributed by atoms with E-state index in [1.807, 2.05) is 4.90 Å². The fourth-order valence-electron chi connectivity index (χ4n) is 2.30. The van der Waals surface area contributed by atoms with E-state index < -0.39 is 0 Å². The lowest BCUT2D eigenvalue weighted by Crippen LogP contribution is -2.60. The summed E-state index contributed by atoms with van der Waals surface area (Å²) >= 11 is 0. The van der Waals surface area contributed by atoms with Crippen molar-refractivity contribution in [3.05, 3.63) is 0 Å². The van der Waals surface area contributed by atoms with Crippen LogP contribution in [0.5, 0.6) is 0 Å². The maximum Gasteiger partial charge on any atom is 0.319 e. The minimum atomic E-state index is -0.147. The Labute approximate surface area is 78.1 Å². The van der Waals surface area contributed by atoms with Gasteiger partial charge in [-0.2, -0.15) is 0 Å². The first-order valence-electron chi connectivity index (χ1n) is 4.74. The lowest BCUT2D eigenvalue weighted by Gasteiger charge is -2.51. The third-order valence-electron chi connectivity index (χ3n) is 3.13. The molecule has 2 saturated heterocycles. The summed E-state index contributed by atoms with van der Waals surface area (Å²) in [5.41, 5.74) is 0. The van der Waals surface area contributed by atoms with Gasteiger partial charge in [0.05, 0.1) is 6.10 Å². The summed E-state index contributed by atoms with van der Waals surface area (Å²) in [7, 11) is 3.53. The van der Waals surface area contributed by atoms with Gasteiger partial charge in [0.2, 0.25) is 0 Å². The predicted octanol–water partition coefficient (Wildman–Crippen LogP) is -0.0194. The van der Waals surface area contributed by atoms with Crippen LogP contribution in [0.4, 0.5) is 4.79 Å². The standard InChI is InChI=1S/C9H16N2O2/c1-10(2)9(13)11-4-6-3-7(5-11)8(6)12/h6-8,12H,3-5H2,1-2H3/t6-,7+,8?. The average Bonchev–Trinajstić information content (AvgIpc) is 2.15. The van der Waals surface area contributed by atoms with Gasteiger partial charge in [0, 0.05) is 39.0 Å². The van der Waals surface area contributed by atoms with Crippen molar-refractivity contribution in [1.29, 1.82) is 0 Å². The van der Waals surface area contributed by atoms with Gasteiger partial charge in [-0.1, -0.05) is 0 Å². The Kier molecular flexibility index (Phi) is 1.95. The number of urea groups is 1. The van der Waals surface area contributed by atoms with Crippen LogP contribution in [0.1, 0.15) is 6.42 Å². The average molecular weight is 184 g/mol. The summed E-state index contributed by atoms with van der Waals surface area (Å²) in [4.78, 5) is 15.0. The van der Waals surface area contributed by atoms with E-state index in [4.69, 9.17) is 0 Å². The number of rotatable bonds is 0. The maximum absolute atomic E-state index is 11.5.